The van der Waals surface area contributed by atoms with Crippen LogP contribution in [0.3, 0.4) is 0 Å². The number of aromatic nitrogens is 1. The molecule has 1 aromatic heterocycles. The average Bonchev–Trinajstić information content (AvgIpc) is 3.17. The first-order chi connectivity index (χ1) is 14.4. The first kappa shape index (κ1) is 19.4. The number of H-pyrrole nitrogens is 1. The van der Waals surface area contributed by atoms with Gasteiger partial charge in [0.1, 0.15) is 0 Å². The maximum Gasteiger partial charge on any atom is 0.268 e. The highest BCUT2D eigenvalue weighted by Gasteiger charge is 2.53. The molecule has 0 fully saturated rings. The Morgan fingerprint density at radius 1 is 1.10 bits per heavy atom. The molecule has 0 saturated heterocycles. The molecule has 3 aromatic carbocycles. The van der Waals surface area contributed by atoms with E-state index in [1.165, 1.54) is 0 Å². The van der Waals surface area contributed by atoms with Gasteiger partial charge in [-0.15, -0.1) is 0 Å². The minimum Gasteiger partial charge on any atom is -0.372 e. The summed E-state index contributed by atoms with van der Waals surface area (Å²) >= 11 is 9.51. The number of hydrogen-bond donors (Lipinski definition) is 2. The fourth-order valence-electron chi connectivity index (χ4n) is 4.37. The second-order valence-corrected chi connectivity index (χ2v) is 8.91. The highest BCUT2D eigenvalue weighted by atomic mass is 79.9. The van der Waals surface area contributed by atoms with Crippen LogP contribution < -0.4 is 4.90 Å². The lowest BCUT2D eigenvalue weighted by molar-refractivity contribution is -0.132. The third-order valence-electron chi connectivity index (χ3n) is 5.70. The van der Waals surface area contributed by atoms with E-state index < -0.39 is 5.60 Å². The summed E-state index contributed by atoms with van der Waals surface area (Å²) in [6, 6.07) is 20.7. The molecule has 1 unspecified atom stereocenters. The Labute approximate surface area is 187 Å². The van der Waals surface area contributed by atoms with Gasteiger partial charge < -0.3 is 15.0 Å². The summed E-state index contributed by atoms with van der Waals surface area (Å²) in [6.45, 7) is 2.23. The van der Waals surface area contributed by atoms with Crippen molar-refractivity contribution in [2.24, 2.45) is 0 Å². The van der Waals surface area contributed by atoms with Gasteiger partial charge in [-0.05, 0) is 48.9 Å². The Morgan fingerprint density at radius 3 is 2.60 bits per heavy atom. The molecule has 1 amide bonds. The number of carbonyl (C=O) groups is 1. The van der Waals surface area contributed by atoms with Crippen molar-refractivity contribution in [2.75, 3.05) is 4.90 Å². The van der Waals surface area contributed by atoms with Crippen LogP contribution in [0, 0.1) is 6.92 Å². The van der Waals surface area contributed by atoms with E-state index in [9.17, 15) is 9.90 Å². The number of aliphatic hydroxyl groups is 1. The molecule has 5 rings (SSSR count). The summed E-state index contributed by atoms with van der Waals surface area (Å²) in [7, 11) is 0. The summed E-state index contributed by atoms with van der Waals surface area (Å²) in [5, 5.41) is 13.5. The zero-order valence-corrected chi connectivity index (χ0v) is 18.5. The molecular weight excluding hydrogens is 464 g/mol. The number of nitrogens with zero attached hydrogens (tertiary/aromatic N) is 1. The molecule has 0 aliphatic carbocycles. The van der Waals surface area contributed by atoms with Crippen molar-refractivity contribution in [3.8, 4) is 0 Å². The standard InChI is InChI=1S/C24H18BrClN2O2/c1-14-22(18-4-2-3-5-20(18)27-14)24(30)19-12-16(25)8-11-21(19)28(23(24)29)13-15-6-9-17(26)10-7-15/h2-12,27,30H,13H2,1H3. The minimum absolute atomic E-state index is 0.342. The number of carbonyl (C=O) groups excluding carboxylic acids is 1. The Bertz CT molecular complexity index is 1300. The van der Waals surface area contributed by atoms with Gasteiger partial charge in [0.2, 0.25) is 0 Å². The van der Waals surface area contributed by atoms with Gasteiger partial charge in [0.05, 0.1) is 12.2 Å². The molecule has 1 aliphatic rings. The van der Waals surface area contributed by atoms with Crippen molar-refractivity contribution in [3.63, 3.8) is 0 Å². The summed E-state index contributed by atoms with van der Waals surface area (Å²) in [5.74, 6) is -0.363. The molecule has 4 aromatic rings. The quantitative estimate of drug-likeness (QED) is 0.396. The van der Waals surface area contributed by atoms with E-state index in [1.54, 1.807) is 17.0 Å². The number of halogens is 2. The maximum absolute atomic E-state index is 13.8. The number of anilines is 1. The predicted octanol–water partition coefficient (Wildman–Crippen LogP) is 5.67. The smallest absolute Gasteiger partial charge is 0.268 e. The maximum atomic E-state index is 13.8. The van der Waals surface area contributed by atoms with Gasteiger partial charge in [-0.1, -0.05) is 57.9 Å². The second kappa shape index (κ2) is 6.98. The minimum atomic E-state index is -1.78. The lowest BCUT2D eigenvalue weighted by Crippen LogP contribution is -2.41. The van der Waals surface area contributed by atoms with Crippen LogP contribution in [0.2, 0.25) is 5.02 Å². The molecule has 0 radical (unpaired) electrons. The van der Waals surface area contributed by atoms with E-state index in [0.29, 0.717) is 28.4 Å². The molecule has 6 heteroatoms. The second-order valence-electron chi connectivity index (χ2n) is 7.56. The number of benzene rings is 3. The Balaban J connectivity index is 1.71. The number of nitrogens with one attached hydrogen (secondary N) is 1. The number of hydrogen-bond acceptors (Lipinski definition) is 2. The molecule has 1 atom stereocenters. The summed E-state index contributed by atoms with van der Waals surface area (Å²) in [4.78, 5) is 18.7. The summed E-state index contributed by atoms with van der Waals surface area (Å²) in [5.41, 5.74) is 2.68. The van der Waals surface area contributed by atoms with Crippen molar-refractivity contribution >= 4 is 50.0 Å². The summed E-state index contributed by atoms with van der Waals surface area (Å²) < 4.78 is 0.804. The monoisotopic (exact) mass is 480 g/mol. The zero-order chi connectivity index (χ0) is 21.0. The van der Waals surface area contributed by atoms with Gasteiger partial charge >= 0.3 is 0 Å². The topological polar surface area (TPSA) is 56.3 Å². The Kier molecular flexibility index (Phi) is 4.51. The lowest BCUT2D eigenvalue weighted by atomic mass is 9.85. The van der Waals surface area contributed by atoms with Crippen LogP contribution in [-0.2, 0) is 16.9 Å². The molecular formula is C24H18BrClN2O2. The van der Waals surface area contributed by atoms with Crippen molar-refractivity contribution < 1.29 is 9.90 Å². The third kappa shape index (κ3) is 2.81. The first-order valence-corrected chi connectivity index (χ1v) is 10.7. The molecule has 4 nitrogen and oxygen atoms in total. The fourth-order valence-corrected chi connectivity index (χ4v) is 4.85. The number of amides is 1. The van der Waals surface area contributed by atoms with Crippen molar-refractivity contribution in [2.45, 2.75) is 19.1 Å². The van der Waals surface area contributed by atoms with E-state index in [0.717, 1.165) is 26.6 Å². The molecule has 30 heavy (non-hydrogen) atoms. The van der Waals surface area contributed by atoms with E-state index in [-0.39, 0.29) is 5.91 Å². The van der Waals surface area contributed by atoms with Crippen LogP contribution in [0.15, 0.2) is 71.2 Å². The van der Waals surface area contributed by atoms with E-state index in [2.05, 4.69) is 20.9 Å². The number of fused-ring (bicyclic) bond motifs is 2. The van der Waals surface area contributed by atoms with Crippen molar-refractivity contribution in [1.82, 2.24) is 4.98 Å². The predicted molar refractivity (Wildman–Crippen MR) is 123 cm³/mol. The normalized spacial score (nSPS) is 18.3. The molecule has 150 valence electrons. The van der Waals surface area contributed by atoms with Crippen molar-refractivity contribution in [1.29, 1.82) is 0 Å². The van der Waals surface area contributed by atoms with Crippen LogP contribution in [0.5, 0.6) is 0 Å². The average molecular weight is 482 g/mol. The van der Waals surface area contributed by atoms with Crippen molar-refractivity contribution in [3.05, 3.63) is 98.6 Å². The van der Waals surface area contributed by atoms with Gasteiger partial charge in [0.25, 0.3) is 5.91 Å². The highest BCUT2D eigenvalue weighted by Crippen LogP contribution is 2.48. The lowest BCUT2D eigenvalue weighted by Gasteiger charge is -2.24. The van der Waals surface area contributed by atoms with E-state index in [4.69, 9.17) is 11.6 Å². The summed E-state index contributed by atoms with van der Waals surface area (Å²) in [6.07, 6.45) is 0. The number of aromatic amines is 1. The first-order valence-electron chi connectivity index (χ1n) is 9.56. The number of aryl methyl sites for hydroxylation is 1. The fraction of sp³-hybridized carbons (Fsp3) is 0.125. The molecule has 0 saturated carbocycles. The molecule has 2 heterocycles. The number of rotatable bonds is 3. The largest absolute Gasteiger partial charge is 0.372 e. The van der Waals surface area contributed by atoms with E-state index >= 15 is 0 Å². The Morgan fingerprint density at radius 2 is 1.83 bits per heavy atom. The van der Waals surface area contributed by atoms with Crippen LogP contribution >= 0.6 is 27.5 Å². The highest BCUT2D eigenvalue weighted by molar-refractivity contribution is 9.10. The SMILES string of the molecule is Cc1[nH]c2ccccc2c1C1(O)C(=O)N(Cc2ccc(Cl)cc2)c2ccc(Br)cc21. The van der Waals surface area contributed by atoms with Gasteiger partial charge in [0, 0.05) is 37.2 Å². The molecule has 0 spiro atoms. The van der Waals surface area contributed by atoms with Gasteiger partial charge in [0.15, 0.2) is 5.60 Å². The van der Waals surface area contributed by atoms with Gasteiger partial charge in [-0.3, -0.25) is 4.79 Å². The third-order valence-corrected chi connectivity index (χ3v) is 6.45. The Hall–Kier alpha value is -2.60. The molecule has 1 aliphatic heterocycles. The van der Waals surface area contributed by atoms with Gasteiger partial charge in [-0.2, -0.15) is 0 Å². The zero-order valence-electron chi connectivity index (χ0n) is 16.1. The molecule has 2 N–H and O–H groups in total. The number of para-hydroxylation sites is 1. The molecule has 0 bridgehead atoms. The van der Waals surface area contributed by atoms with Crippen LogP contribution in [0.4, 0.5) is 5.69 Å². The van der Waals surface area contributed by atoms with Gasteiger partial charge in [-0.25, -0.2) is 0 Å². The van der Waals surface area contributed by atoms with Crippen LogP contribution in [0.1, 0.15) is 22.4 Å². The van der Waals surface area contributed by atoms with Crippen LogP contribution in [-0.4, -0.2) is 16.0 Å². The van der Waals surface area contributed by atoms with Crippen LogP contribution in [0.25, 0.3) is 10.9 Å². The van der Waals surface area contributed by atoms with E-state index in [1.807, 2.05) is 61.5 Å².